The normalized spacial score (nSPS) is 12.5. The third kappa shape index (κ3) is 5.59. The minimum absolute atomic E-state index is 0.0997. The fourth-order valence-electron chi connectivity index (χ4n) is 5.23. The van der Waals surface area contributed by atoms with E-state index in [1.807, 2.05) is 0 Å². The first-order valence-corrected chi connectivity index (χ1v) is 13.8. The van der Waals surface area contributed by atoms with E-state index in [1.165, 1.54) is 29.0 Å². The van der Waals surface area contributed by atoms with Crippen LogP contribution >= 0.6 is 0 Å². The molecule has 10 nitrogen and oxygen atoms in total. The molecule has 0 radical (unpaired) electrons. The zero-order valence-electron chi connectivity index (χ0n) is 23.9. The van der Waals surface area contributed by atoms with Crippen LogP contribution in [0.3, 0.4) is 0 Å². The number of rotatable bonds is 8. The molecule has 0 aliphatic heterocycles. The maximum atomic E-state index is 13.6. The Morgan fingerprint density at radius 3 is 2.43 bits per heavy atom. The second kappa shape index (κ2) is 12.0. The second-order valence-corrected chi connectivity index (χ2v) is 10.2. The molecule has 6 rings (SSSR count). The summed E-state index contributed by atoms with van der Waals surface area (Å²) in [5, 5.41) is 3.34. The smallest absolute Gasteiger partial charge is 0.263 e. The number of ketones is 1. The van der Waals surface area contributed by atoms with E-state index in [2.05, 4.69) is 15.3 Å². The van der Waals surface area contributed by atoms with Crippen molar-refractivity contribution in [2.45, 2.75) is 25.8 Å². The minimum atomic E-state index is -0.702. The van der Waals surface area contributed by atoms with Crippen LogP contribution in [0.4, 0.5) is 10.2 Å². The molecule has 1 aliphatic carbocycles. The molecule has 222 valence electrons. The van der Waals surface area contributed by atoms with Crippen LogP contribution in [0.15, 0.2) is 77.9 Å². The summed E-state index contributed by atoms with van der Waals surface area (Å²) in [6.07, 6.45) is 4.51. The molecule has 1 amide bonds. The van der Waals surface area contributed by atoms with Crippen LogP contribution in [0.2, 0.25) is 0 Å². The lowest BCUT2D eigenvalue weighted by molar-refractivity contribution is 0.0970. The Bertz CT molecular complexity index is 1960. The monoisotopic (exact) mass is 594 g/mol. The number of fused-ring (bicyclic) bond motifs is 2. The molecule has 0 fully saturated rings. The van der Waals surface area contributed by atoms with Gasteiger partial charge in [0.25, 0.3) is 11.5 Å². The van der Waals surface area contributed by atoms with Gasteiger partial charge in [-0.05, 0) is 60.9 Å². The molecule has 0 saturated heterocycles. The van der Waals surface area contributed by atoms with Gasteiger partial charge in [0, 0.05) is 35.3 Å². The standard InChI is InChI=1S/C33H27FN4O6/c1-42-29-15-22-25(16-30(29)43-2)35-13-12-28(22)44-21-10-11-31(36-17-21)37-32(40)24-14-23-26(4-3-5-27(23)39)38(33(24)41)18-19-6-8-20(34)9-7-19/h6-17H,3-5,18H2,1-2H3,(H,36,37,40). The second-order valence-electron chi connectivity index (χ2n) is 10.2. The molecule has 2 aromatic carbocycles. The Kier molecular flexibility index (Phi) is 7.76. The van der Waals surface area contributed by atoms with Crippen molar-refractivity contribution in [2.75, 3.05) is 19.5 Å². The number of nitrogens with one attached hydrogen (secondary N) is 1. The SMILES string of the molecule is COc1cc2nccc(Oc3ccc(NC(=O)c4cc5c(n(Cc6ccc(F)cc6)c4=O)CCCC5=O)nc3)c2cc1OC. The lowest BCUT2D eigenvalue weighted by Gasteiger charge is -2.21. The third-order valence-electron chi connectivity index (χ3n) is 7.43. The number of Topliss-reactive ketones (excluding diaryl/α,β-unsaturated/α-hetero) is 1. The summed E-state index contributed by atoms with van der Waals surface area (Å²) in [4.78, 5) is 48.3. The first-order chi connectivity index (χ1) is 21.3. The average Bonchev–Trinajstić information content (AvgIpc) is 3.03. The molecular weight excluding hydrogens is 567 g/mol. The number of halogens is 1. The van der Waals surface area contributed by atoms with Crippen molar-refractivity contribution in [3.05, 3.63) is 112 Å². The third-order valence-corrected chi connectivity index (χ3v) is 7.43. The Labute approximate surface area is 251 Å². The summed E-state index contributed by atoms with van der Waals surface area (Å²) < 4.78 is 31.7. The summed E-state index contributed by atoms with van der Waals surface area (Å²) in [7, 11) is 3.09. The molecule has 1 aliphatic rings. The van der Waals surface area contributed by atoms with Gasteiger partial charge in [0.05, 0.1) is 32.5 Å². The number of ether oxygens (including phenoxy) is 3. The number of amides is 1. The van der Waals surface area contributed by atoms with E-state index in [0.717, 1.165) is 0 Å². The van der Waals surface area contributed by atoms with Crippen LogP contribution in [-0.4, -0.2) is 40.4 Å². The Hall–Kier alpha value is -5.58. The van der Waals surface area contributed by atoms with Crippen molar-refractivity contribution in [3.8, 4) is 23.0 Å². The fraction of sp³-hybridized carbons (Fsp3) is 0.182. The highest BCUT2D eigenvalue weighted by molar-refractivity contribution is 6.06. The number of carbonyl (C=O) groups is 2. The number of aromatic nitrogens is 3. The molecule has 0 unspecified atom stereocenters. The summed E-state index contributed by atoms with van der Waals surface area (Å²) in [5.74, 6) is 0.916. The van der Waals surface area contributed by atoms with Crippen LogP contribution in [0, 0.1) is 5.82 Å². The van der Waals surface area contributed by atoms with Gasteiger partial charge in [0.2, 0.25) is 0 Å². The van der Waals surface area contributed by atoms with Gasteiger partial charge in [-0.3, -0.25) is 19.4 Å². The van der Waals surface area contributed by atoms with E-state index in [1.54, 1.807) is 62.9 Å². The first kappa shape index (κ1) is 28.5. The summed E-state index contributed by atoms with van der Waals surface area (Å²) in [5.41, 5.74) is 1.51. The molecule has 0 bridgehead atoms. The van der Waals surface area contributed by atoms with Crippen molar-refractivity contribution >= 4 is 28.4 Å². The molecule has 11 heteroatoms. The zero-order chi connectivity index (χ0) is 30.8. The van der Waals surface area contributed by atoms with Crippen LogP contribution in [0.5, 0.6) is 23.0 Å². The van der Waals surface area contributed by atoms with Gasteiger partial charge in [-0.15, -0.1) is 0 Å². The largest absolute Gasteiger partial charge is 0.493 e. The Morgan fingerprint density at radius 2 is 1.70 bits per heavy atom. The number of hydrogen-bond donors (Lipinski definition) is 1. The Balaban J connectivity index is 1.25. The lowest BCUT2D eigenvalue weighted by Crippen LogP contribution is -2.34. The Morgan fingerprint density at radius 1 is 0.932 bits per heavy atom. The predicted octanol–water partition coefficient (Wildman–Crippen LogP) is 5.56. The summed E-state index contributed by atoms with van der Waals surface area (Å²) in [6, 6.07) is 15.5. The highest BCUT2D eigenvalue weighted by Crippen LogP contribution is 2.36. The molecule has 3 aromatic heterocycles. The van der Waals surface area contributed by atoms with Gasteiger partial charge in [-0.1, -0.05) is 12.1 Å². The quantitative estimate of drug-likeness (QED) is 0.248. The van der Waals surface area contributed by atoms with Crippen molar-refractivity contribution in [1.29, 1.82) is 0 Å². The number of methoxy groups -OCH3 is 2. The fourth-order valence-corrected chi connectivity index (χ4v) is 5.23. The van der Waals surface area contributed by atoms with E-state index in [0.29, 0.717) is 70.0 Å². The molecule has 1 N–H and O–H groups in total. The van der Waals surface area contributed by atoms with Gasteiger partial charge in [-0.2, -0.15) is 0 Å². The van der Waals surface area contributed by atoms with Crippen LogP contribution in [0.25, 0.3) is 10.9 Å². The first-order valence-electron chi connectivity index (χ1n) is 13.8. The average molecular weight is 595 g/mol. The topological polar surface area (TPSA) is 122 Å². The van der Waals surface area contributed by atoms with Crippen LogP contribution < -0.4 is 25.1 Å². The number of anilines is 1. The zero-order valence-corrected chi connectivity index (χ0v) is 23.9. The van der Waals surface area contributed by atoms with Crippen molar-refractivity contribution in [3.63, 3.8) is 0 Å². The minimum Gasteiger partial charge on any atom is -0.493 e. The summed E-state index contributed by atoms with van der Waals surface area (Å²) >= 11 is 0. The number of pyridine rings is 3. The van der Waals surface area contributed by atoms with E-state index >= 15 is 0 Å². The maximum Gasteiger partial charge on any atom is 0.263 e. The molecule has 44 heavy (non-hydrogen) atoms. The van der Waals surface area contributed by atoms with Gasteiger partial charge >= 0.3 is 0 Å². The molecule has 0 atom stereocenters. The van der Waals surface area contributed by atoms with Crippen LogP contribution in [-0.2, 0) is 13.0 Å². The van der Waals surface area contributed by atoms with E-state index < -0.39 is 17.3 Å². The molecule has 0 spiro atoms. The van der Waals surface area contributed by atoms with Gasteiger partial charge in [-0.25, -0.2) is 9.37 Å². The highest BCUT2D eigenvalue weighted by atomic mass is 19.1. The highest BCUT2D eigenvalue weighted by Gasteiger charge is 2.26. The molecular formula is C33H27FN4O6. The summed E-state index contributed by atoms with van der Waals surface area (Å²) in [6.45, 7) is 0.0997. The van der Waals surface area contributed by atoms with Crippen molar-refractivity contribution in [2.24, 2.45) is 0 Å². The van der Waals surface area contributed by atoms with Gasteiger partial charge in [0.15, 0.2) is 17.3 Å². The van der Waals surface area contributed by atoms with Crippen LogP contribution in [0.1, 0.15) is 44.8 Å². The van der Waals surface area contributed by atoms with E-state index in [9.17, 15) is 18.8 Å². The molecule has 5 aromatic rings. The van der Waals surface area contributed by atoms with Crippen molar-refractivity contribution in [1.82, 2.24) is 14.5 Å². The number of carbonyl (C=O) groups excluding carboxylic acids is 2. The van der Waals surface area contributed by atoms with E-state index in [-0.39, 0.29) is 23.7 Å². The number of hydrogen-bond acceptors (Lipinski definition) is 8. The molecule has 3 heterocycles. The molecule has 0 saturated carbocycles. The maximum absolute atomic E-state index is 13.6. The van der Waals surface area contributed by atoms with E-state index in [4.69, 9.17) is 14.2 Å². The van der Waals surface area contributed by atoms with Crippen molar-refractivity contribution < 1.29 is 28.2 Å². The van der Waals surface area contributed by atoms with Gasteiger partial charge in [0.1, 0.15) is 28.7 Å². The number of benzene rings is 2. The van der Waals surface area contributed by atoms with Gasteiger partial charge < -0.3 is 24.1 Å². The predicted molar refractivity (Wildman–Crippen MR) is 161 cm³/mol. The lowest BCUT2D eigenvalue weighted by atomic mass is 9.92. The number of nitrogens with zero attached hydrogens (tertiary/aromatic N) is 3.